The number of aryl methyl sites for hydroxylation is 1. The number of nitrogens with zero attached hydrogens (tertiary/aromatic N) is 2. The van der Waals surface area contributed by atoms with Crippen LogP contribution in [0.25, 0.3) is 0 Å². The van der Waals surface area contributed by atoms with E-state index in [1.807, 2.05) is 6.92 Å². The van der Waals surface area contributed by atoms with E-state index in [4.69, 9.17) is 16.3 Å². The number of hydrogen-bond acceptors (Lipinski definition) is 5. The summed E-state index contributed by atoms with van der Waals surface area (Å²) >= 11 is 5.79. The van der Waals surface area contributed by atoms with Gasteiger partial charge in [0.25, 0.3) is 0 Å². The Hall–Kier alpha value is -1.92. The first-order valence-electron chi connectivity index (χ1n) is 7.53. The van der Waals surface area contributed by atoms with Crippen molar-refractivity contribution in [1.29, 1.82) is 0 Å². The van der Waals surface area contributed by atoms with E-state index in [2.05, 4.69) is 20.6 Å². The minimum atomic E-state index is -0.449. The lowest BCUT2D eigenvalue weighted by atomic mass is 10.2. The van der Waals surface area contributed by atoms with Gasteiger partial charge >= 0.3 is 0 Å². The van der Waals surface area contributed by atoms with Crippen LogP contribution >= 0.6 is 11.6 Å². The maximum absolute atomic E-state index is 13.2. The van der Waals surface area contributed by atoms with Crippen molar-refractivity contribution < 1.29 is 9.13 Å². The maximum atomic E-state index is 13.2. The molecule has 0 saturated carbocycles. The summed E-state index contributed by atoms with van der Waals surface area (Å²) in [5, 5.41) is 6.45. The molecular formula is C16H18ClFN4O. The van der Waals surface area contributed by atoms with Gasteiger partial charge in [-0.1, -0.05) is 11.6 Å². The average Bonchev–Trinajstić information content (AvgIpc) is 3.02. The summed E-state index contributed by atoms with van der Waals surface area (Å²) in [5.74, 6) is 1.53. The highest BCUT2D eigenvalue weighted by molar-refractivity contribution is 6.31. The molecule has 2 aromatic rings. The molecule has 0 amide bonds. The van der Waals surface area contributed by atoms with E-state index in [1.54, 1.807) is 12.1 Å². The van der Waals surface area contributed by atoms with Gasteiger partial charge in [0.05, 0.1) is 11.1 Å². The van der Waals surface area contributed by atoms with E-state index in [0.29, 0.717) is 17.3 Å². The molecule has 1 saturated heterocycles. The number of rotatable bonds is 5. The van der Waals surface area contributed by atoms with E-state index in [0.717, 1.165) is 31.8 Å². The molecule has 2 N–H and O–H groups in total. The Balaban J connectivity index is 1.70. The molecule has 0 spiro atoms. The van der Waals surface area contributed by atoms with Gasteiger partial charge in [-0.3, -0.25) is 0 Å². The molecule has 0 bridgehead atoms. The summed E-state index contributed by atoms with van der Waals surface area (Å²) in [6, 6.07) is 6.25. The van der Waals surface area contributed by atoms with E-state index in [9.17, 15) is 4.39 Å². The molecule has 1 aromatic heterocycles. The monoisotopic (exact) mass is 336 g/mol. The van der Waals surface area contributed by atoms with Gasteiger partial charge in [-0.2, -0.15) is 0 Å². The van der Waals surface area contributed by atoms with Gasteiger partial charge in [-0.15, -0.1) is 0 Å². The van der Waals surface area contributed by atoms with Gasteiger partial charge in [-0.25, -0.2) is 14.4 Å². The van der Waals surface area contributed by atoms with Crippen LogP contribution in [0.15, 0.2) is 24.3 Å². The van der Waals surface area contributed by atoms with Crippen molar-refractivity contribution in [3.63, 3.8) is 0 Å². The van der Waals surface area contributed by atoms with E-state index >= 15 is 0 Å². The zero-order valence-electron chi connectivity index (χ0n) is 12.8. The number of nitrogens with one attached hydrogen (secondary N) is 2. The first-order valence-corrected chi connectivity index (χ1v) is 7.91. The summed E-state index contributed by atoms with van der Waals surface area (Å²) in [6.45, 7) is 3.37. The normalized spacial score (nSPS) is 17.3. The van der Waals surface area contributed by atoms with Crippen LogP contribution in [0.5, 0.6) is 0 Å². The van der Waals surface area contributed by atoms with Crippen LogP contribution in [0, 0.1) is 12.7 Å². The van der Waals surface area contributed by atoms with Crippen LogP contribution in [0.3, 0.4) is 0 Å². The molecule has 2 heterocycles. The molecule has 1 aliphatic rings. The second kappa shape index (κ2) is 7.10. The fourth-order valence-corrected chi connectivity index (χ4v) is 2.65. The molecular weight excluding hydrogens is 319 g/mol. The molecule has 23 heavy (non-hydrogen) atoms. The number of ether oxygens (including phenoxy) is 1. The first kappa shape index (κ1) is 16.0. The van der Waals surface area contributed by atoms with Gasteiger partial charge in [0.15, 0.2) is 0 Å². The molecule has 122 valence electrons. The summed E-state index contributed by atoms with van der Waals surface area (Å²) in [4.78, 5) is 8.69. The third-order valence-electron chi connectivity index (χ3n) is 3.56. The predicted molar refractivity (Wildman–Crippen MR) is 88.9 cm³/mol. The summed E-state index contributed by atoms with van der Waals surface area (Å²) in [5.41, 5.74) is 0.666. The standard InChI is InChI=1S/C16H18ClFN4O/c1-10-20-15(19-9-12-3-2-6-23-12)8-16(21-10)22-11-4-5-14(18)13(17)7-11/h4-5,7-8,12H,2-3,6,9H2,1H3,(H2,19,20,21,22). The highest BCUT2D eigenvalue weighted by Crippen LogP contribution is 2.23. The minimum Gasteiger partial charge on any atom is -0.376 e. The number of aromatic nitrogens is 2. The molecule has 1 atom stereocenters. The van der Waals surface area contributed by atoms with Crippen LogP contribution in [0.4, 0.5) is 21.7 Å². The Morgan fingerprint density at radius 3 is 2.87 bits per heavy atom. The summed E-state index contributed by atoms with van der Waals surface area (Å²) in [6.07, 6.45) is 2.40. The van der Waals surface area contributed by atoms with Crippen molar-refractivity contribution in [1.82, 2.24) is 9.97 Å². The molecule has 0 radical (unpaired) electrons. The number of hydrogen-bond donors (Lipinski definition) is 2. The van der Waals surface area contributed by atoms with E-state index in [-0.39, 0.29) is 11.1 Å². The zero-order chi connectivity index (χ0) is 16.2. The molecule has 3 rings (SSSR count). The molecule has 7 heteroatoms. The Labute approximate surface area is 139 Å². The highest BCUT2D eigenvalue weighted by Gasteiger charge is 2.15. The van der Waals surface area contributed by atoms with Crippen molar-refractivity contribution in [3.8, 4) is 0 Å². The van der Waals surface area contributed by atoms with E-state index in [1.165, 1.54) is 12.1 Å². The Morgan fingerprint density at radius 2 is 2.13 bits per heavy atom. The smallest absolute Gasteiger partial charge is 0.141 e. The fourth-order valence-electron chi connectivity index (χ4n) is 2.47. The van der Waals surface area contributed by atoms with Gasteiger partial charge in [0.1, 0.15) is 23.3 Å². The van der Waals surface area contributed by atoms with Crippen molar-refractivity contribution in [3.05, 3.63) is 40.9 Å². The van der Waals surface area contributed by atoms with Gasteiger partial charge in [0, 0.05) is 24.9 Å². The SMILES string of the molecule is Cc1nc(NCC2CCCO2)cc(Nc2ccc(F)c(Cl)c2)n1. The number of benzene rings is 1. The maximum Gasteiger partial charge on any atom is 0.141 e. The van der Waals surface area contributed by atoms with Crippen LogP contribution in [-0.4, -0.2) is 29.2 Å². The average molecular weight is 337 g/mol. The highest BCUT2D eigenvalue weighted by atomic mass is 35.5. The fraction of sp³-hybridized carbons (Fsp3) is 0.375. The van der Waals surface area contributed by atoms with Crippen LogP contribution < -0.4 is 10.6 Å². The lowest BCUT2D eigenvalue weighted by Gasteiger charge is -2.13. The summed E-state index contributed by atoms with van der Waals surface area (Å²) < 4.78 is 18.8. The van der Waals surface area contributed by atoms with Gasteiger partial charge in [-0.05, 0) is 38.0 Å². The molecule has 5 nitrogen and oxygen atoms in total. The second-order valence-corrected chi connectivity index (χ2v) is 5.86. The quantitative estimate of drug-likeness (QED) is 0.866. The van der Waals surface area contributed by atoms with Gasteiger partial charge < -0.3 is 15.4 Å². The lowest BCUT2D eigenvalue weighted by molar-refractivity contribution is 0.120. The molecule has 1 fully saturated rings. The van der Waals surface area contributed by atoms with Crippen molar-refractivity contribution >= 4 is 28.9 Å². The summed E-state index contributed by atoms with van der Waals surface area (Å²) in [7, 11) is 0. The first-order chi connectivity index (χ1) is 11.1. The van der Waals surface area contributed by atoms with Crippen molar-refractivity contribution in [2.75, 3.05) is 23.8 Å². The number of anilines is 3. The third kappa shape index (κ3) is 4.30. The lowest BCUT2D eigenvalue weighted by Crippen LogP contribution is -2.19. The molecule has 1 aliphatic heterocycles. The Bertz CT molecular complexity index is 692. The molecule has 1 aromatic carbocycles. The van der Waals surface area contributed by atoms with Gasteiger partial charge in [0.2, 0.25) is 0 Å². The zero-order valence-corrected chi connectivity index (χ0v) is 13.5. The second-order valence-electron chi connectivity index (χ2n) is 5.46. The minimum absolute atomic E-state index is 0.0671. The Kier molecular flexibility index (Phi) is 4.93. The third-order valence-corrected chi connectivity index (χ3v) is 3.85. The Morgan fingerprint density at radius 1 is 1.30 bits per heavy atom. The van der Waals surface area contributed by atoms with E-state index < -0.39 is 5.82 Å². The van der Waals surface area contributed by atoms with Crippen molar-refractivity contribution in [2.45, 2.75) is 25.9 Å². The van der Waals surface area contributed by atoms with Crippen molar-refractivity contribution in [2.24, 2.45) is 0 Å². The van der Waals surface area contributed by atoms with Crippen LogP contribution in [-0.2, 0) is 4.74 Å². The molecule has 0 aliphatic carbocycles. The predicted octanol–water partition coefficient (Wildman–Crippen LogP) is 3.91. The van der Waals surface area contributed by atoms with Crippen LogP contribution in [0.1, 0.15) is 18.7 Å². The topological polar surface area (TPSA) is 59.1 Å². The van der Waals surface area contributed by atoms with Crippen LogP contribution in [0.2, 0.25) is 5.02 Å². The largest absolute Gasteiger partial charge is 0.376 e. The number of halogens is 2. The molecule has 1 unspecified atom stereocenters.